The van der Waals surface area contributed by atoms with Gasteiger partial charge in [-0.15, -0.1) is 0 Å². The van der Waals surface area contributed by atoms with Gasteiger partial charge in [0.05, 0.1) is 5.69 Å². The first-order valence-electron chi connectivity index (χ1n) is 6.19. The highest BCUT2D eigenvalue weighted by molar-refractivity contribution is 7.89. The molecule has 0 amide bonds. The van der Waals surface area contributed by atoms with Gasteiger partial charge in [0.25, 0.3) is 0 Å². The second-order valence-electron chi connectivity index (χ2n) is 5.18. The summed E-state index contributed by atoms with van der Waals surface area (Å²) in [5.74, 6) is -0.241. The van der Waals surface area contributed by atoms with Gasteiger partial charge < -0.3 is 5.73 Å². The quantitative estimate of drug-likeness (QED) is 0.847. The zero-order chi connectivity index (χ0) is 14.8. The summed E-state index contributed by atoms with van der Waals surface area (Å²) in [6.45, 7) is 5.87. The second-order valence-corrected chi connectivity index (χ2v) is 7.15. The molecule has 0 saturated carbocycles. The number of nitrogens with two attached hydrogens (primary N) is 1. The number of benzene rings is 1. The van der Waals surface area contributed by atoms with E-state index in [4.69, 9.17) is 5.73 Å². The maximum Gasteiger partial charge on any atom is 0.245 e. The average molecular weight is 288 g/mol. The molecule has 0 aliphatic rings. The molecule has 19 heavy (non-hydrogen) atoms. The normalized spacial score (nSPS) is 14.1. The summed E-state index contributed by atoms with van der Waals surface area (Å²) in [5, 5.41) is 0. The minimum absolute atomic E-state index is 0.0602. The van der Waals surface area contributed by atoms with E-state index in [1.807, 2.05) is 20.8 Å². The summed E-state index contributed by atoms with van der Waals surface area (Å²) in [5.41, 5.74) is 5.70. The van der Waals surface area contributed by atoms with Crippen LogP contribution in [0.4, 0.5) is 10.1 Å². The van der Waals surface area contributed by atoms with Crippen molar-refractivity contribution in [2.75, 3.05) is 12.8 Å². The summed E-state index contributed by atoms with van der Waals surface area (Å²) >= 11 is 0. The first-order chi connectivity index (χ1) is 8.66. The third-order valence-electron chi connectivity index (χ3n) is 3.07. The molecule has 0 aromatic heterocycles. The Labute approximate surface area is 114 Å². The number of hydrogen-bond donors (Lipinski definition) is 1. The second kappa shape index (κ2) is 5.88. The van der Waals surface area contributed by atoms with E-state index in [1.54, 1.807) is 0 Å². The van der Waals surface area contributed by atoms with Gasteiger partial charge in [-0.1, -0.05) is 13.8 Å². The van der Waals surface area contributed by atoms with Crippen LogP contribution < -0.4 is 5.73 Å². The molecule has 6 heteroatoms. The minimum Gasteiger partial charge on any atom is -0.398 e. The lowest BCUT2D eigenvalue weighted by molar-refractivity contribution is 0.338. The van der Waals surface area contributed by atoms with E-state index in [-0.39, 0.29) is 16.6 Å². The molecule has 1 aromatic rings. The van der Waals surface area contributed by atoms with Gasteiger partial charge >= 0.3 is 0 Å². The highest BCUT2D eigenvalue weighted by Crippen LogP contribution is 2.25. The van der Waals surface area contributed by atoms with E-state index >= 15 is 0 Å². The summed E-state index contributed by atoms with van der Waals surface area (Å²) in [7, 11) is -2.28. The fraction of sp³-hybridized carbons (Fsp3) is 0.538. The third-order valence-corrected chi connectivity index (χ3v) is 5.09. The molecule has 0 aliphatic heterocycles. The van der Waals surface area contributed by atoms with Gasteiger partial charge in [-0.2, -0.15) is 4.31 Å². The first kappa shape index (κ1) is 15.9. The monoisotopic (exact) mass is 288 g/mol. The standard InChI is InChI=1S/C13H21FN2O2S/c1-9(2)7-10(3)16(4)19(17,18)13-8-11(14)5-6-12(13)15/h5-6,8-10H,7,15H2,1-4H3. The van der Waals surface area contributed by atoms with Crippen molar-refractivity contribution < 1.29 is 12.8 Å². The number of hydrogen-bond acceptors (Lipinski definition) is 3. The Morgan fingerprint density at radius 1 is 1.32 bits per heavy atom. The van der Waals surface area contributed by atoms with Crippen molar-refractivity contribution in [3.8, 4) is 0 Å². The van der Waals surface area contributed by atoms with Gasteiger partial charge in [0.2, 0.25) is 10.0 Å². The Kier molecular flexibility index (Phi) is 4.92. The molecule has 0 spiro atoms. The third kappa shape index (κ3) is 3.67. The van der Waals surface area contributed by atoms with Crippen LogP contribution in [-0.2, 0) is 10.0 Å². The van der Waals surface area contributed by atoms with Crippen molar-refractivity contribution in [3.05, 3.63) is 24.0 Å². The molecule has 1 aromatic carbocycles. The van der Waals surface area contributed by atoms with Gasteiger partial charge in [0.1, 0.15) is 10.7 Å². The molecular weight excluding hydrogens is 267 g/mol. The van der Waals surface area contributed by atoms with Crippen molar-refractivity contribution in [3.63, 3.8) is 0 Å². The Morgan fingerprint density at radius 2 is 1.89 bits per heavy atom. The summed E-state index contributed by atoms with van der Waals surface area (Å²) in [6, 6.07) is 3.20. The Morgan fingerprint density at radius 3 is 2.42 bits per heavy atom. The zero-order valence-electron chi connectivity index (χ0n) is 11.7. The lowest BCUT2D eigenvalue weighted by Gasteiger charge is -2.26. The lowest BCUT2D eigenvalue weighted by Crippen LogP contribution is -2.36. The summed E-state index contributed by atoms with van der Waals surface area (Å²) in [4.78, 5) is -0.175. The topological polar surface area (TPSA) is 63.4 Å². The largest absolute Gasteiger partial charge is 0.398 e. The average Bonchev–Trinajstić information content (AvgIpc) is 2.30. The van der Waals surface area contributed by atoms with Gasteiger partial charge in [-0.05, 0) is 37.5 Å². The lowest BCUT2D eigenvalue weighted by atomic mass is 10.1. The number of anilines is 1. The molecule has 1 unspecified atom stereocenters. The fourth-order valence-corrected chi connectivity index (χ4v) is 3.45. The maximum atomic E-state index is 13.2. The maximum absolute atomic E-state index is 13.2. The molecule has 0 heterocycles. The predicted molar refractivity (Wildman–Crippen MR) is 74.7 cm³/mol. The SMILES string of the molecule is CC(C)CC(C)N(C)S(=O)(=O)c1cc(F)ccc1N. The van der Waals surface area contributed by atoms with E-state index in [2.05, 4.69) is 0 Å². The highest BCUT2D eigenvalue weighted by Gasteiger charge is 2.27. The van der Waals surface area contributed by atoms with Gasteiger partial charge in [0.15, 0.2) is 0 Å². The van der Waals surface area contributed by atoms with Crippen LogP contribution >= 0.6 is 0 Å². The van der Waals surface area contributed by atoms with Crippen LogP contribution in [0.2, 0.25) is 0 Å². The molecule has 1 atom stereocenters. The predicted octanol–water partition coefficient (Wildman–Crippen LogP) is 2.46. The number of nitrogen functional groups attached to an aromatic ring is 1. The molecule has 1 rings (SSSR count). The number of nitrogens with zero attached hydrogens (tertiary/aromatic N) is 1. The molecule has 2 N–H and O–H groups in total. The van der Waals surface area contributed by atoms with Crippen LogP contribution in [0.1, 0.15) is 27.2 Å². The molecule has 0 bridgehead atoms. The van der Waals surface area contributed by atoms with Crippen molar-refractivity contribution in [1.29, 1.82) is 0 Å². The van der Waals surface area contributed by atoms with Crippen molar-refractivity contribution in [2.45, 2.75) is 38.1 Å². The molecule has 0 saturated heterocycles. The smallest absolute Gasteiger partial charge is 0.245 e. The Bertz CT molecular complexity index is 544. The minimum atomic E-state index is -3.77. The van der Waals surface area contributed by atoms with Crippen molar-refractivity contribution in [1.82, 2.24) is 4.31 Å². The fourth-order valence-electron chi connectivity index (χ4n) is 1.95. The van der Waals surface area contributed by atoms with Gasteiger partial charge in [-0.3, -0.25) is 0 Å². The van der Waals surface area contributed by atoms with E-state index in [1.165, 1.54) is 17.4 Å². The first-order valence-corrected chi connectivity index (χ1v) is 7.63. The van der Waals surface area contributed by atoms with Crippen LogP contribution in [0, 0.1) is 11.7 Å². The number of halogens is 1. The van der Waals surface area contributed by atoms with E-state index in [0.717, 1.165) is 18.6 Å². The van der Waals surface area contributed by atoms with Crippen LogP contribution in [-0.4, -0.2) is 25.8 Å². The van der Waals surface area contributed by atoms with E-state index < -0.39 is 15.8 Å². The van der Waals surface area contributed by atoms with Crippen molar-refractivity contribution in [2.24, 2.45) is 5.92 Å². The van der Waals surface area contributed by atoms with Crippen LogP contribution in [0.3, 0.4) is 0 Å². The van der Waals surface area contributed by atoms with Gasteiger partial charge in [0, 0.05) is 13.1 Å². The zero-order valence-corrected chi connectivity index (χ0v) is 12.5. The van der Waals surface area contributed by atoms with Crippen LogP contribution in [0.15, 0.2) is 23.1 Å². The van der Waals surface area contributed by atoms with Crippen LogP contribution in [0.5, 0.6) is 0 Å². The molecule has 108 valence electrons. The highest BCUT2D eigenvalue weighted by atomic mass is 32.2. The summed E-state index contributed by atoms with van der Waals surface area (Å²) in [6.07, 6.45) is 0.727. The number of sulfonamides is 1. The van der Waals surface area contributed by atoms with Crippen LogP contribution in [0.25, 0.3) is 0 Å². The van der Waals surface area contributed by atoms with E-state index in [9.17, 15) is 12.8 Å². The Balaban J connectivity index is 3.13. The Hall–Kier alpha value is -1.14. The molecule has 0 radical (unpaired) electrons. The summed E-state index contributed by atoms with van der Waals surface area (Å²) < 4.78 is 39.3. The van der Waals surface area contributed by atoms with Gasteiger partial charge in [-0.25, -0.2) is 12.8 Å². The molecule has 4 nitrogen and oxygen atoms in total. The molecular formula is C13H21FN2O2S. The number of rotatable bonds is 5. The molecule has 0 aliphatic carbocycles. The van der Waals surface area contributed by atoms with Crippen molar-refractivity contribution >= 4 is 15.7 Å². The molecule has 0 fully saturated rings. The van der Waals surface area contributed by atoms with E-state index in [0.29, 0.717) is 5.92 Å².